The van der Waals surface area contributed by atoms with Crippen LogP contribution in [0.4, 0.5) is 0 Å². The number of likely N-dealkylation sites (N-methyl/N-ethyl adjacent to an activating group) is 1. The maximum atomic E-state index is 10.6. The normalized spacial score (nSPS) is 23.3. The summed E-state index contributed by atoms with van der Waals surface area (Å²) in [5, 5.41) is 13.1. The smallest absolute Gasteiger partial charge is 0.0953 e. The molecule has 3 rings (SSSR count). The first kappa shape index (κ1) is 11.7. The van der Waals surface area contributed by atoms with Crippen LogP contribution in [0.5, 0.6) is 0 Å². The number of hydrogen-bond acceptors (Lipinski definition) is 2. The van der Waals surface area contributed by atoms with Gasteiger partial charge in [-0.3, -0.25) is 0 Å². The van der Waals surface area contributed by atoms with E-state index in [0.29, 0.717) is 0 Å². The van der Waals surface area contributed by atoms with Crippen molar-refractivity contribution in [2.75, 3.05) is 14.1 Å². The molecule has 2 aromatic rings. The van der Waals surface area contributed by atoms with Crippen LogP contribution in [0, 0.1) is 0 Å². The molecule has 0 aromatic heterocycles. The van der Waals surface area contributed by atoms with E-state index in [9.17, 15) is 5.11 Å². The Balaban J connectivity index is 2.20. The molecule has 0 bridgehead atoms. The van der Waals surface area contributed by atoms with Crippen molar-refractivity contribution in [1.82, 2.24) is 4.90 Å². The highest BCUT2D eigenvalue weighted by Crippen LogP contribution is 2.36. The fourth-order valence-corrected chi connectivity index (χ4v) is 3.10. The third-order valence-corrected chi connectivity index (χ3v) is 4.09. The summed E-state index contributed by atoms with van der Waals surface area (Å²) >= 11 is 0. The first-order valence-electron chi connectivity index (χ1n) is 6.53. The highest BCUT2D eigenvalue weighted by molar-refractivity contribution is 5.87. The molecule has 2 atom stereocenters. The molecule has 1 aliphatic carbocycles. The van der Waals surface area contributed by atoms with E-state index in [1.807, 2.05) is 20.2 Å². The summed E-state index contributed by atoms with van der Waals surface area (Å²) in [4.78, 5) is 2.13. The van der Waals surface area contributed by atoms with Gasteiger partial charge in [0.1, 0.15) is 0 Å². The second kappa shape index (κ2) is 4.38. The predicted octanol–water partition coefficient (Wildman–Crippen LogP) is 2.75. The van der Waals surface area contributed by atoms with E-state index in [1.165, 1.54) is 16.3 Å². The quantitative estimate of drug-likeness (QED) is 0.830. The molecule has 2 aromatic carbocycles. The standard InChI is InChI=1S/C16H19NO/c1-17(2)14-10-9-12-8-7-11-5-3-4-6-13(11)15(12)16(14)18/h3-8,14,16,18H,9-10H2,1-2H3. The lowest BCUT2D eigenvalue weighted by molar-refractivity contribution is 0.0640. The second-order valence-corrected chi connectivity index (χ2v) is 5.37. The molecule has 0 fully saturated rings. The molecule has 0 aliphatic heterocycles. The number of hydrogen-bond donors (Lipinski definition) is 1. The molecule has 94 valence electrons. The van der Waals surface area contributed by atoms with Gasteiger partial charge in [-0.15, -0.1) is 0 Å². The largest absolute Gasteiger partial charge is 0.387 e. The molecule has 0 spiro atoms. The van der Waals surface area contributed by atoms with E-state index in [-0.39, 0.29) is 12.1 Å². The van der Waals surface area contributed by atoms with Crippen LogP contribution in [0.15, 0.2) is 36.4 Å². The van der Waals surface area contributed by atoms with E-state index in [1.54, 1.807) is 0 Å². The minimum atomic E-state index is -0.380. The average molecular weight is 241 g/mol. The molecule has 1 N–H and O–H groups in total. The van der Waals surface area contributed by atoms with Crippen molar-refractivity contribution in [2.24, 2.45) is 0 Å². The van der Waals surface area contributed by atoms with E-state index in [4.69, 9.17) is 0 Å². The summed E-state index contributed by atoms with van der Waals surface area (Å²) in [5.41, 5.74) is 2.44. The molecule has 18 heavy (non-hydrogen) atoms. The van der Waals surface area contributed by atoms with E-state index in [0.717, 1.165) is 18.4 Å². The Hall–Kier alpha value is -1.38. The Morgan fingerprint density at radius 2 is 1.89 bits per heavy atom. The fraction of sp³-hybridized carbons (Fsp3) is 0.375. The molecule has 2 nitrogen and oxygen atoms in total. The molecule has 2 heteroatoms. The van der Waals surface area contributed by atoms with Crippen molar-refractivity contribution < 1.29 is 5.11 Å². The highest BCUT2D eigenvalue weighted by Gasteiger charge is 2.30. The van der Waals surface area contributed by atoms with Crippen LogP contribution in [0.25, 0.3) is 10.8 Å². The molecule has 0 heterocycles. The minimum absolute atomic E-state index is 0.225. The molecule has 2 unspecified atom stereocenters. The van der Waals surface area contributed by atoms with Gasteiger partial charge < -0.3 is 10.0 Å². The van der Waals surface area contributed by atoms with Crippen LogP contribution >= 0.6 is 0 Å². The monoisotopic (exact) mass is 241 g/mol. The van der Waals surface area contributed by atoms with Crippen molar-refractivity contribution in [3.05, 3.63) is 47.5 Å². The van der Waals surface area contributed by atoms with Gasteiger partial charge in [0, 0.05) is 6.04 Å². The van der Waals surface area contributed by atoms with Crippen LogP contribution in [-0.2, 0) is 6.42 Å². The summed E-state index contributed by atoms with van der Waals surface area (Å²) < 4.78 is 0. The van der Waals surface area contributed by atoms with Crippen LogP contribution in [0.2, 0.25) is 0 Å². The maximum Gasteiger partial charge on any atom is 0.0953 e. The molecule has 0 radical (unpaired) electrons. The van der Waals surface area contributed by atoms with Gasteiger partial charge in [-0.1, -0.05) is 36.4 Å². The van der Waals surface area contributed by atoms with Crippen LogP contribution < -0.4 is 0 Å². The van der Waals surface area contributed by atoms with Gasteiger partial charge >= 0.3 is 0 Å². The lowest BCUT2D eigenvalue weighted by Crippen LogP contribution is -2.37. The van der Waals surface area contributed by atoms with E-state index >= 15 is 0 Å². The Kier molecular flexibility index (Phi) is 2.84. The number of fused-ring (bicyclic) bond motifs is 3. The molecule has 1 aliphatic rings. The Morgan fingerprint density at radius 3 is 2.67 bits per heavy atom. The molecule has 0 amide bonds. The van der Waals surface area contributed by atoms with Crippen LogP contribution in [-0.4, -0.2) is 30.1 Å². The molecule has 0 saturated carbocycles. The zero-order chi connectivity index (χ0) is 12.7. The Morgan fingerprint density at radius 1 is 1.11 bits per heavy atom. The number of rotatable bonds is 1. The summed E-state index contributed by atoms with van der Waals surface area (Å²) in [6.07, 6.45) is 1.70. The van der Waals surface area contributed by atoms with Gasteiger partial charge in [-0.2, -0.15) is 0 Å². The lowest BCUT2D eigenvalue weighted by Gasteiger charge is -2.35. The predicted molar refractivity (Wildman–Crippen MR) is 74.7 cm³/mol. The summed E-state index contributed by atoms with van der Waals surface area (Å²) in [6.45, 7) is 0. The average Bonchev–Trinajstić information content (AvgIpc) is 2.38. The van der Waals surface area contributed by atoms with Crippen LogP contribution in [0.1, 0.15) is 23.7 Å². The minimum Gasteiger partial charge on any atom is -0.387 e. The maximum absolute atomic E-state index is 10.6. The number of aliphatic hydroxyl groups excluding tert-OH is 1. The summed E-state index contributed by atoms with van der Waals surface area (Å²) in [6, 6.07) is 12.9. The third kappa shape index (κ3) is 1.73. The van der Waals surface area contributed by atoms with Gasteiger partial charge in [0.05, 0.1) is 6.10 Å². The fourth-order valence-electron chi connectivity index (χ4n) is 3.10. The van der Waals surface area contributed by atoms with Gasteiger partial charge in [0.25, 0.3) is 0 Å². The third-order valence-electron chi connectivity index (χ3n) is 4.09. The van der Waals surface area contributed by atoms with Crippen molar-refractivity contribution in [3.8, 4) is 0 Å². The molecular formula is C16H19NO. The zero-order valence-electron chi connectivity index (χ0n) is 10.9. The van der Waals surface area contributed by atoms with Gasteiger partial charge in [0.15, 0.2) is 0 Å². The Labute approximate surface area is 108 Å². The number of nitrogens with zero attached hydrogens (tertiary/aromatic N) is 1. The molecule has 0 saturated heterocycles. The van der Waals surface area contributed by atoms with E-state index < -0.39 is 0 Å². The van der Waals surface area contributed by atoms with Gasteiger partial charge in [0.2, 0.25) is 0 Å². The SMILES string of the molecule is CN(C)C1CCc2ccc3ccccc3c2C1O. The van der Waals surface area contributed by atoms with Crippen LogP contribution in [0.3, 0.4) is 0 Å². The summed E-state index contributed by atoms with van der Waals surface area (Å²) in [5.74, 6) is 0. The number of aliphatic hydroxyl groups is 1. The topological polar surface area (TPSA) is 23.5 Å². The lowest BCUT2D eigenvalue weighted by atomic mass is 9.82. The highest BCUT2D eigenvalue weighted by atomic mass is 16.3. The van der Waals surface area contributed by atoms with Gasteiger partial charge in [-0.25, -0.2) is 0 Å². The van der Waals surface area contributed by atoms with E-state index in [2.05, 4.69) is 35.2 Å². The van der Waals surface area contributed by atoms with Crippen molar-refractivity contribution in [3.63, 3.8) is 0 Å². The van der Waals surface area contributed by atoms with Crippen molar-refractivity contribution >= 4 is 10.8 Å². The van der Waals surface area contributed by atoms with Gasteiger partial charge in [-0.05, 0) is 48.8 Å². The zero-order valence-corrected chi connectivity index (χ0v) is 10.9. The molecular weight excluding hydrogens is 222 g/mol. The summed E-state index contributed by atoms with van der Waals surface area (Å²) in [7, 11) is 4.09. The first-order valence-corrected chi connectivity index (χ1v) is 6.53. The Bertz CT molecular complexity index is 576. The number of aryl methyl sites for hydroxylation is 1. The second-order valence-electron chi connectivity index (χ2n) is 5.37. The van der Waals surface area contributed by atoms with Crippen molar-refractivity contribution in [1.29, 1.82) is 0 Å². The van der Waals surface area contributed by atoms with Crippen molar-refractivity contribution in [2.45, 2.75) is 25.0 Å². The number of benzene rings is 2. The first-order chi connectivity index (χ1) is 8.68.